The summed E-state index contributed by atoms with van der Waals surface area (Å²) in [5.41, 5.74) is 5.29. The summed E-state index contributed by atoms with van der Waals surface area (Å²) in [6.45, 7) is 5.97. The first-order valence-electron chi connectivity index (χ1n) is 7.24. The summed E-state index contributed by atoms with van der Waals surface area (Å²) in [6.07, 6.45) is 0. The number of pyridine rings is 1. The number of nitrogens with two attached hydrogens (primary N) is 1. The molecule has 8 heteroatoms. The third kappa shape index (κ3) is 2.95. The number of hydrogen-bond acceptors (Lipinski definition) is 5. The van der Waals surface area contributed by atoms with E-state index in [9.17, 15) is 8.42 Å². The number of sulfonamides is 1. The standard InChI is InChI=1S/C16H17N4O2S2/c1-10-9-14(13-7-5-4-6-8-13)11(2)12(3)20(10)15-18-19-16(23-15)24(17,21)22/h4-9H,1-3H3,(H2,17,21,22)/q+1. The number of nitrogens with zero attached hydrogens (tertiary/aromatic N) is 3. The summed E-state index contributed by atoms with van der Waals surface area (Å²) < 4.78 is 24.6. The highest BCUT2D eigenvalue weighted by Gasteiger charge is 2.26. The van der Waals surface area contributed by atoms with E-state index in [1.54, 1.807) is 0 Å². The van der Waals surface area contributed by atoms with E-state index in [1.807, 2.05) is 43.5 Å². The lowest BCUT2D eigenvalue weighted by Crippen LogP contribution is -2.38. The van der Waals surface area contributed by atoms with Gasteiger partial charge >= 0.3 is 5.13 Å². The van der Waals surface area contributed by atoms with Gasteiger partial charge < -0.3 is 0 Å². The van der Waals surface area contributed by atoms with Crippen molar-refractivity contribution in [1.29, 1.82) is 0 Å². The third-order valence-electron chi connectivity index (χ3n) is 3.90. The van der Waals surface area contributed by atoms with Crippen molar-refractivity contribution in [3.8, 4) is 16.3 Å². The maximum Gasteiger partial charge on any atom is 0.416 e. The van der Waals surface area contributed by atoms with Crippen molar-refractivity contribution in [2.75, 3.05) is 0 Å². The summed E-state index contributed by atoms with van der Waals surface area (Å²) in [5, 5.41) is 13.3. The van der Waals surface area contributed by atoms with Crippen molar-refractivity contribution in [3.63, 3.8) is 0 Å². The number of hydrogen-bond donors (Lipinski definition) is 1. The van der Waals surface area contributed by atoms with E-state index in [1.165, 1.54) is 0 Å². The lowest BCUT2D eigenvalue weighted by Gasteiger charge is -2.12. The van der Waals surface area contributed by atoms with E-state index in [2.05, 4.69) is 28.4 Å². The van der Waals surface area contributed by atoms with Crippen LogP contribution in [-0.2, 0) is 10.0 Å². The van der Waals surface area contributed by atoms with Gasteiger partial charge in [-0.3, -0.25) is 0 Å². The summed E-state index contributed by atoms with van der Waals surface area (Å²) in [5.74, 6) is 0. The Kier molecular flexibility index (Phi) is 4.20. The largest absolute Gasteiger partial charge is 0.416 e. The topological polar surface area (TPSA) is 89.8 Å². The lowest BCUT2D eigenvalue weighted by molar-refractivity contribution is -0.609. The molecule has 0 aliphatic carbocycles. The molecule has 0 atom stereocenters. The molecule has 124 valence electrons. The Morgan fingerprint density at radius 2 is 1.75 bits per heavy atom. The van der Waals surface area contributed by atoms with Crippen molar-refractivity contribution < 1.29 is 13.0 Å². The quantitative estimate of drug-likeness (QED) is 0.723. The highest BCUT2D eigenvalue weighted by atomic mass is 32.2. The van der Waals surface area contributed by atoms with Gasteiger partial charge in [-0.2, -0.15) is 4.57 Å². The second-order valence-corrected chi connectivity index (χ2v) is 8.20. The van der Waals surface area contributed by atoms with E-state index in [0.29, 0.717) is 5.13 Å². The predicted octanol–water partition coefficient (Wildman–Crippen LogP) is 2.05. The fourth-order valence-electron chi connectivity index (χ4n) is 2.63. The Labute approximate surface area is 144 Å². The monoisotopic (exact) mass is 361 g/mol. The molecular formula is C16H17N4O2S2+. The first kappa shape index (κ1) is 16.7. The van der Waals surface area contributed by atoms with E-state index in [0.717, 1.165) is 39.4 Å². The van der Waals surface area contributed by atoms with Crippen LogP contribution in [0.5, 0.6) is 0 Å². The van der Waals surface area contributed by atoms with Crippen molar-refractivity contribution in [2.24, 2.45) is 5.14 Å². The van der Waals surface area contributed by atoms with Crippen LogP contribution in [0, 0.1) is 20.8 Å². The van der Waals surface area contributed by atoms with Gasteiger partial charge in [0, 0.05) is 0 Å². The molecule has 0 radical (unpaired) electrons. The fourth-order valence-corrected chi connectivity index (χ4v) is 4.16. The van der Waals surface area contributed by atoms with Crippen molar-refractivity contribution in [2.45, 2.75) is 25.1 Å². The molecule has 2 heterocycles. The molecule has 3 aromatic rings. The minimum absolute atomic E-state index is 0.186. The molecule has 2 aromatic heterocycles. The summed E-state index contributed by atoms with van der Waals surface area (Å²) in [4.78, 5) is 0. The fraction of sp³-hybridized carbons (Fsp3) is 0.188. The summed E-state index contributed by atoms with van der Waals surface area (Å²) >= 11 is 0.959. The summed E-state index contributed by atoms with van der Waals surface area (Å²) in [6, 6.07) is 12.2. The van der Waals surface area contributed by atoms with Gasteiger partial charge in [-0.15, -0.1) is 0 Å². The molecule has 2 N–H and O–H groups in total. The second kappa shape index (κ2) is 6.04. The molecule has 6 nitrogen and oxygen atoms in total. The molecular weight excluding hydrogens is 344 g/mol. The predicted molar refractivity (Wildman–Crippen MR) is 92.5 cm³/mol. The minimum atomic E-state index is -3.85. The van der Waals surface area contributed by atoms with Crippen molar-refractivity contribution in [3.05, 3.63) is 53.3 Å². The molecule has 0 aliphatic rings. The van der Waals surface area contributed by atoms with Crippen LogP contribution >= 0.6 is 11.3 Å². The van der Waals surface area contributed by atoms with Gasteiger partial charge in [0.2, 0.25) is 0 Å². The van der Waals surface area contributed by atoms with Crippen LogP contribution in [-0.4, -0.2) is 18.6 Å². The van der Waals surface area contributed by atoms with Gasteiger partial charge in [0.15, 0.2) is 0 Å². The third-order valence-corrected chi connectivity index (χ3v) is 6.12. The zero-order chi connectivity index (χ0) is 17.5. The van der Waals surface area contributed by atoms with Crippen LogP contribution in [0.15, 0.2) is 40.7 Å². The maximum atomic E-state index is 11.4. The van der Waals surface area contributed by atoms with Crippen molar-refractivity contribution in [1.82, 2.24) is 10.2 Å². The molecule has 0 amide bonds. The number of aromatic nitrogens is 3. The molecule has 0 spiro atoms. The molecule has 24 heavy (non-hydrogen) atoms. The molecule has 0 saturated carbocycles. The number of rotatable bonds is 3. The second-order valence-electron chi connectivity index (χ2n) is 5.51. The van der Waals surface area contributed by atoms with E-state index in [-0.39, 0.29) is 4.34 Å². The lowest BCUT2D eigenvalue weighted by atomic mass is 9.99. The normalized spacial score (nSPS) is 11.7. The summed E-state index contributed by atoms with van der Waals surface area (Å²) in [7, 11) is -3.85. The van der Waals surface area contributed by atoms with Gasteiger partial charge in [0.1, 0.15) is 11.4 Å². The zero-order valence-corrected chi connectivity index (χ0v) is 15.1. The highest BCUT2D eigenvalue weighted by Crippen LogP contribution is 2.26. The van der Waals surface area contributed by atoms with E-state index in [4.69, 9.17) is 5.14 Å². The average Bonchev–Trinajstić information content (AvgIpc) is 3.02. The van der Waals surface area contributed by atoms with Gasteiger partial charge in [0.25, 0.3) is 14.4 Å². The minimum Gasteiger partial charge on any atom is -0.222 e. The average molecular weight is 361 g/mol. The molecule has 3 rings (SSSR count). The van der Waals surface area contributed by atoms with Crippen LogP contribution in [0.1, 0.15) is 17.0 Å². The van der Waals surface area contributed by atoms with Crippen LogP contribution < -0.4 is 9.71 Å². The van der Waals surface area contributed by atoms with Crippen molar-refractivity contribution >= 4 is 21.4 Å². The van der Waals surface area contributed by atoms with Gasteiger partial charge in [-0.1, -0.05) is 30.3 Å². The molecule has 0 fully saturated rings. The van der Waals surface area contributed by atoms with Crippen LogP contribution in [0.2, 0.25) is 0 Å². The Hall–Kier alpha value is -2.16. The smallest absolute Gasteiger partial charge is 0.222 e. The molecule has 0 aliphatic heterocycles. The number of aryl methyl sites for hydroxylation is 1. The molecule has 1 aromatic carbocycles. The molecule has 0 unspecified atom stereocenters. The van der Waals surface area contributed by atoms with Gasteiger partial charge in [-0.25, -0.2) is 13.6 Å². The zero-order valence-electron chi connectivity index (χ0n) is 13.5. The Balaban J connectivity index is 2.18. The van der Waals surface area contributed by atoms with Crippen LogP contribution in [0.4, 0.5) is 0 Å². The SMILES string of the molecule is Cc1c(-c2ccccc2)cc(C)[n+](-c2nnc(S(N)(=O)=O)s2)c1C. The van der Waals surface area contributed by atoms with Crippen LogP contribution in [0.3, 0.4) is 0 Å². The maximum absolute atomic E-state index is 11.4. The van der Waals surface area contributed by atoms with Gasteiger partial charge in [0.05, 0.1) is 5.10 Å². The van der Waals surface area contributed by atoms with Crippen LogP contribution in [0.25, 0.3) is 16.3 Å². The molecule has 0 saturated heterocycles. The highest BCUT2D eigenvalue weighted by molar-refractivity contribution is 7.91. The first-order valence-corrected chi connectivity index (χ1v) is 9.60. The van der Waals surface area contributed by atoms with E-state index < -0.39 is 10.0 Å². The first-order chi connectivity index (χ1) is 11.3. The Morgan fingerprint density at radius 3 is 2.33 bits per heavy atom. The number of benzene rings is 1. The Morgan fingerprint density at radius 1 is 1.08 bits per heavy atom. The van der Waals surface area contributed by atoms with E-state index >= 15 is 0 Å². The number of primary sulfonamides is 1. The Bertz CT molecular complexity index is 1010. The molecule has 0 bridgehead atoms. The van der Waals surface area contributed by atoms with Gasteiger partial charge in [-0.05, 0) is 60.0 Å².